The summed E-state index contributed by atoms with van der Waals surface area (Å²) in [5.74, 6) is -0.747. The minimum atomic E-state index is -5.67. The molecule has 0 aliphatic heterocycles. The predicted octanol–water partition coefficient (Wildman–Crippen LogP) is 7.00. The van der Waals surface area contributed by atoms with Gasteiger partial charge in [0.2, 0.25) is 0 Å². The first kappa shape index (κ1) is 30.5. The second-order valence-corrected chi connectivity index (χ2v) is 9.63. The van der Waals surface area contributed by atoms with E-state index in [1.54, 1.807) is 0 Å². The lowest BCUT2D eigenvalue weighted by atomic mass is 9.87. The molecule has 0 heterocycles. The fourth-order valence-electron chi connectivity index (χ4n) is 2.53. The summed E-state index contributed by atoms with van der Waals surface area (Å²) in [6, 6.07) is 0. The summed E-state index contributed by atoms with van der Waals surface area (Å²) in [7, 11) is 0. The number of hydrogen-bond acceptors (Lipinski definition) is 4. The number of esters is 2. The van der Waals surface area contributed by atoms with Crippen LogP contribution >= 0.6 is 0 Å². The highest BCUT2D eigenvalue weighted by atomic mass is 19.4. The van der Waals surface area contributed by atoms with Gasteiger partial charge in [0.25, 0.3) is 6.10 Å². The molecular weight excluding hydrogens is 442 g/mol. The van der Waals surface area contributed by atoms with Crippen LogP contribution in [-0.2, 0) is 19.1 Å². The van der Waals surface area contributed by atoms with Crippen LogP contribution < -0.4 is 0 Å². The Kier molecular flexibility index (Phi) is 11.1. The maximum absolute atomic E-state index is 12.1. The van der Waals surface area contributed by atoms with Crippen molar-refractivity contribution in [2.24, 2.45) is 16.7 Å². The Bertz CT molecular complexity index is 589. The van der Waals surface area contributed by atoms with E-state index in [0.29, 0.717) is 0 Å². The molecule has 10 heteroatoms. The van der Waals surface area contributed by atoms with E-state index in [9.17, 15) is 35.9 Å². The monoisotopic (exact) mass is 478 g/mol. The molecule has 0 aromatic carbocycles. The highest BCUT2D eigenvalue weighted by Crippen LogP contribution is 2.37. The lowest BCUT2D eigenvalue weighted by Crippen LogP contribution is -2.47. The summed E-state index contributed by atoms with van der Waals surface area (Å²) in [6.45, 7) is 12.1. The Morgan fingerprint density at radius 2 is 1.16 bits per heavy atom. The molecule has 0 atom stereocenters. The number of halogens is 6. The van der Waals surface area contributed by atoms with Crippen LogP contribution in [0.25, 0.3) is 0 Å². The summed E-state index contributed by atoms with van der Waals surface area (Å²) in [5, 5.41) is 0. The molecule has 0 saturated heterocycles. The van der Waals surface area contributed by atoms with Gasteiger partial charge >= 0.3 is 24.3 Å². The van der Waals surface area contributed by atoms with E-state index in [4.69, 9.17) is 4.74 Å². The van der Waals surface area contributed by atoms with Gasteiger partial charge in [0.05, 0.1) is 10.8 Å². The summed E-state index contributed by atoms with van der Waals surface area (Å²) in [6.07, 6.45) is -9.83. The molecule has 0 N–H and O–H groups in total. The Labute approximate surface area is 186 Å². The number of hydrogen-bond donors (Lipinski definition) is 0. The lowest BCUT2D eigenvalue weighted by Gasteiger charge is -2.29. The van der Waals surface area contributed by atoms with Gasteiger partial charge in [-0.1, -0.05) is 20.8 Å². The largest absolute Gasteiger partial charge is 0.462 e. The van der Waals surface area contributed by atoms with Crippen molar-refractivity contribution in [1.29, 1.82) is 0 Å². The van der Waals surface area contributed by atoms with Crippen molar-refractivity contribution in [1.82, 2.24) is 0 Å². The van der Waals surface area contributed by atoms with Crippen LogP contribution in [-0.4, -0.2) is 36.5 Å². The van der Waals surface area contributed by atoms with Gasteiger partial charge in [-0.3, -0.25) is 9.59 Å². The molecule has 0 radical (unpaired) electrons. The van der Waals surface area contributed by atoms with Crippen molar-refractivity contribution in [3.8, 4) is 0 Å². The molecule has 32 heavy (non-hydrogen) atoms. The van der Waals surface area contributed by atoms with E-state index in [1.165, 1.54) is 33.6 Å². The van der Waals surface area contributed by atoms with Crippen LogP contribution in [0.2, 0.25) is 0 Å². The van der Waals surface area contributed by atoms with Gasteiger partial charge in [0, 0.05) is 0 Å². The van der Waals surface area contributed by atoms with E-state index in [2.05, 4.69) is 11.7 Å². The quantitative estimate of drug-likeness (QED) is 0.305. The molecule has 0 unspecified atom stereocenters. The third kappa shape index (κ3) is 9.98. The van der Waals surface area contributed by atoms with Crippen molar-refractivity contribution >= 4 is 11.9 Å². The van der Waals surface area contributed by atoms with E-state index in [0.717, 1.165) is 25.2 Å². The molecule has 0 aromatic rings. The predicted molar refractivity (Wildman–Crippen MR) is 108 cm³/mol. The Morgan fingerprint density at radius 3 is 1.50 bits per heavy atom. The van der Waals surface area contributed by atoms with Crippen molar-refractivity contribution in [3.63, 3.8) is 0 Å². The average Bonchev–Trinajstić information content (AvgIpc) is 2.66. The van der Waals surface area contributed by atoms with Gasteiger partial charge in [-0.05, 0) is 72.1 Å². The minimum Gasteiger partial charge on any atom is -0.462 e. The summed E-state index contributed by atoms with van der Waals surface area (Å²) in [4.78, 5) is 23.0. The molecule has 1 fully saturated rings. The van der Waals surface area contributed by atoms with Crippen LogP contribution in [0.5, 0.6) is 0 Å². The third-order valence-corrected chi connectivity index (χ3v) is 5.93. The number of rotatable bonds is 6. The standard InChI is InChI=1S/C13H24O2.C9H12F6O2/c1-5-13(3,4)12(14)15-11-8-6-10(2)7-9-11;1-4-7(2,3)6(16)17-5(8(10,11)12)9(13,14)15/h10-11H,5-9H2,1-4H3;5H,4H2,1-3H3. The van der Waals surface area contributed by atoms with Crippen molar-refractivity contribution < 1.29 is 45.4 Å². The summed E-state index contributed by atoms with van der Waals surface area (Å²) < 4.78 is 81.5. The van der Waals surface area contributed by atoms with Gasteiger partial charge < -0.3 is 9.47 Å². The van der Waals surface area contributed by atoms with Gasteiger partial charge in [0.15, 0.2) is 0 Å². The zero-order valence-electron chi connectivity index (χ0n) is 19.9. The first-order chi connectivity index (χ1) is 14.3. The Morgan fingerprint density at radius 1 is 0.781 bits per heavy atom. The minimum absolute atomic E-state index is 0.0236. The first-order valence-electron chi connectivity index (χ1n) is 10.8. The highest BCUT2D eigenvalue weighted by molar-refractivity contribution is 5.76. The van der Waals surface area contributed by atoms with Crippen LogP contribution in [0, 0.1) is 16.7 Å². The van der Waals surface area contributed by atoms with Crippen LogP contribution in [0.4, 0.5) is 26.3 Å². The van der Waals surface area contributed by atoms with Crippen molar-refractivity contribution in [2.75, 3.05) is 0 Å². The fraction of sp³-hybridized carbons (Fsp3) is 0.909. The van der Waals surface area contributed by atoms with Crippen molar-refractivity contribution in [3.05, 3.63) is 0 Å². The van der Waals surface area contributed by atoms with E-state index >= 15 is 0 Å². The molecule has 1 aliphatic rings. The number of alkyl halides is 6. The normalized spacial score (nSPS) is 20.3. The average molecular weight is 479 g/mol. The number of carbonyl (C=O) groups excluding carboxylic acids is 2. The molecule has 4 nitrogen and oxygen atoms in total. The Balaban J connectivity index is 0.000000604. The second kappa shape index (κ2) is 11.6. The van der Waals surface area contributed by atoms with Crippen molar-refractivity contribution in [2.45, 2.75) is 112 Å². The highest BCUT2D eigenvalue weighted by Gasteiger charge is 2.60. The van der Waals surface area contributed by atoms with E-state index in [-0.39, 0.29) is 23.9 Å². The van der Waals surface area contributed by atoms with Gasteiger partial charge in [-0.25, -0.2) is 0 Å². The van der Waals surface area contributed by atoms with Crippen LogP contribution in [0.3, 0.4) is 0 Å². The second-order valence-electron chi connectivity index (χ2n) is 9.63. The van der Waals surface area contributed by atoms with Gasteiger partial charge in [0.1, 0.15) is 6.10 Å². The number of carbonyl (C=O) groups is 2. The third-order valence-electron chi connectivity index (χ3n) is 5.93. The molecule has 0 amide bonds. The lowest BCUT2D eigenvalue weighted by molar-refractivity contribution is -0.315. The molecule has 0 aromatic heterocycles. The van der Waals surface area contributed by atoms with Crippen LogP contribution in [0.1, 0.15) is 87.0 Å². The summed E-state index contributed by atoms with van der Waals surface area (Å²) >= 11 is 0. The SMILES string of the molecule is CCC(C)(C)C(=O)OC(C(F)(F)F)C(F)(F)F.CCC(C)(C)C(=O)OC1CCC(C)CC1. The first-order valence-corrected chi connectivity index (χ1v) is 10.8. The number of ether oxygens (including phenoxy) is 2. The molecule has 0 spiro atoms. The molecule has 0 bridgehead atoms. The molecule has 1 aliphatic carbocycles. The Hall–Kier alpha value is -1.48. The fourth-order valence-corrected chi connectivity index (χ4v) is 2.53. The van der Waals surface area contributed by atoms with Crippen LogP contribution in [0.15, 0.2) is 0 Å². The van der Waals surface area contributed by atoms with E-state index in [1.807, 2.05) is 20.8 Å². The van der Waals surface area contributed by atoms with Gasteiger partial charge in [-0.2, -0.15) is 26.3 Å². The molecule has 1 rings (SSSR count). The molecule has 190 valence electrons. The molecular formula is C22H36F6O4. The molecule has 1 saturated carbocycles. The topological polar surface area (TPSA) is 52.6 Å². The summed E-state index contributed by atoms with van der Waals surface area (Å²) in [5.41, 5.74) is -1.71. The van der Waals surface area contributed by atoms with Gasteiger partial charge in [-0.15, -0.1) is 0 Å². The maximum Gasteiger partial charge on any atom is 0.434 e. The maximum atomic E-state index is 12.1. The smallest absolute Gasteiger partial charge is 0.434 e. The zero-order valence-corrected chi connectivity index (χ0v) is 19.9. The van der Waals surface area contributed by atoms with E-state index < -0.39 is 29.8 Å². The zero-order chi connectivity index (χ0) is 25.5.